The van der Waals surface area contributed by atoms with E-state index in [2.05, 4.69) is 5.32 Å². The van der Waals surface area contributed by atoms with Crippen molar-refractivity contribution in [1.82, 2.24) is 5.32 Å². The first kappa shape index (κ1) is 19.9. The van der Waals surface area contributed by atoms with Gasteiger partial charge in [0.2, 0.25) is 0 Å². The van der Waals surface area contributed by atoms with Crippen molar-refractivity contribution in [3.63, 3.8) is 0 Å². The first-order chi connectivity index (χ1) is 13.6. The van der Waals surface area contributed by atoms with E-state index in [0.29, 0.717) is 19.0 Å². The van der Waals surface area contributed by atoms with Crippen LogP contribution in [-0.4, -0.2) is 44.2 Å². The average Bonchev–Trinajstić information content (AvgIpc) is 2.71. The quantitative estimate of drug-likeness (QED) is 0.755. The fourth-order valence-corrected chi connectivity index (χ4v) is 2.83. The molecule has 28 heavy (non-hydrogen) atoms. The second kappa shape index (κ2) is 9.38. The number of amides is 1. The lowest BCUT2D eigenvalue weighted by Crippen LogP contribution is -2.43. The Labute approximate surface area is 162 Å². The van der Waals surface area contributed by atoms with Gasteiger partial charge in [0.25, 0.3) is 0 Å². The standard InChI is InChI=1S/C20H22FNO6/c1-25-12-16(22-20(24)28-11-13-5-3-2-4-6-13)19(23)14-9-17-18(10-15(14)21)27-8-7-26-17/h2-6,9-10,16,19,23H,7-8,11-12H2,1H3,(H,22,24)/t16-,19?/m1/s1. The van der Waals surface area contributed by atoms with Crippen molar-refractivity contribution < 1.29 is 33.2 Å². The number of rotatable bonds is 7. The van der Waals surface area contributed by atoms with Crippen LogP contribution in [0.15, 0.2) is 42.5 Å². The van der Waals surface area contributed by atoms with Gasteiger partial charge in [-0.3, -0.25) is 0 Å². The number of ether oxygens (including phenoxy) is 4. The number of benzene rings is 2. The first-order valence-corrected chi connectivity index (χ1v) is 8.81. The molecule has 2 aromatic carbocycles. The number of aliphatic hydroxyl groups excluding tert-OH is 1. The second-order valence-electron chi connectivity index (χ2n) is 6.23. The summed E-state index contributed by atoms with van der Waals surface area (Å²) < 4.78 is 35.4. The average molecular weight is 391 g/mol. The summed E-state index contributed by atoms with van der Waals surface area (Å²) in [7, 11) is 1.41. The molecule has 0 radical (unpaired) electrons. The van der Waals surface area contributed by atoms with Gasteiger partial charge in [-0.1, -0.05) is 30.3 Å². The number of nitrogens with one attached hydrogen (secondary N) is 1. The molecule has 1 amide bonds. The van der Waals surface area contributed by atoms with E-state index < -0.39 is 24.1 Å². The molecule has 2 aromatic rings. The molecular weight excluding hydrogens is 369 g/mol. The molecule has 0 spiro atoms. The maximum absolute atomic E-state index is 14.5. The molecule has 1 unspecified atom stereocenters. The van der Waals surface area contributed by atoms with E-state index >= 15 is 0 Å². The van der Waals surface area contributed by atoms with E-state index in [1.165, 1.54) is 13.2 Å². The van der Waals surface area contributed by atoms with E-state index in [0.717, 1.165) is 11.6 Å². The lowest BCUT2D eigenvalue weighted by molar-refractivity contribution is 0.0589. The third-order valence-electron chi connectivity index (χ3n) is 4.22. The van der Waals surface area contributed by atoms with Gasteiger partial charge in [-0.15, -0.1) is 0 Å². The van der Waals surface area contributed by atoms with Crippen LogP contribution in [-0.2, 0) is 16.1 Å². The monoisotopic (exact) mass is 391 g/mol. The first-order valence-electron chi connectivity index (χ1n) is 8.81. The van der Waals surface area contributed by atoms with E-state index in [1.54, 1.807) is 0 Å². The number of fused-ring (bicyclic) bond motifs is 1. The molecule has 2 atom stereocenters. The Balaban J connectivity index is 1.68. The fourth-order valence-electron chi connectivity index (χ4n) is 2.83. The highest BCUT2D eigenvalue weighted by atomic mass is 19.1. The number of aliphatic hydroxyl groups is 1. The Bertz CT molecular complexity index is 801. The van der Waals surface area contributed by atoms with Gasteiger partial charge in [0.15, 0.2) is 11.5 Å². The number of alkyl carbamates (subject to hydrolysis) is 1. The van der Waals surface area contributed by atoms with Crippen molar-refractivity contribution >= 4 is 6.09 Å². The number of carbonyl (C=O) groups excluding carboxylic acids is 1. The van der Waals surface area contributed by atoms with Crippen molar-refractivity contribution in [3.05, 3.63) is 59.4 Å². The van der Waals surface area contributed by atoms with Crippen LogP contribution in [0.2, 0.25) is 0 Å². The third-order valence-corrected chi connectivity index (χ3v) is 4.22. The lowest BCUT2D eigenvalue weighted by atomic mass is 10.0. The molecule has 0 saturated heterocycles. The lowest BCUT2D eigenvalue weighted by Gasteiger charge is -2.25. The van der Waals surface area contributed by atoms with Gasteiger partial charge in [-0.2, -0.15) is 0 Å². The molecular formula is C20H22FNO6. The topological polar surface area (TPSA) is 86.3 Å². The van der Waals surface area contributed by atoms with Gasteiger partial charge in [-0.05, 0) is 11.6 Å². The Hall–Kier alpha value is -2.84. The van der Waals surface area contributed by atoms with Crippen molar-refractivity contribution in [2.24, 2.45) is 0 Å². The molecule has 0 saturated carbocycles. The molecule has 3 rings (SSSR count). The van der Waals surface area contributed by atoms with E-state index in [1.807, 2.05) is 30.3 Å². The van der Waals surface area contributed by atoms with E-state index in [4.69, 9.17) is 18.9 Å². The Morgan fingerprint density at radius 3 is 2.57 bits per heavy atom. The fraction of sp³-hybridized carbons (Fsp3) is 0.350. The highest BCUT2D eigenvalue weighted by molar-refractivity contribution is 5.67. The summed E-state index contributed by atoms with van der Waals surface area (Å²) in [6, 6.07) is 10.8. The molecule has 1 heterocycles. The molecule has 0 aliphatic carbocycles. The van der Waals surface area contributed by atoms with Crippen LogP contribution in [0.1, 0.15) is 17.2 Å². The minimum Gasteiger partial charge on any atom is -0.486 e. The number of hydrogen-bond donors (Lipinski definition) is 2. The predicted molar refractivity (Wildman–Crippen MR) is 97.8 cm³/mol. The highest BCUT2D eigenvalue weighted by Crippen LogP contribution is 2.35. The maximum atomic E-state index is 14.5. The van der Waals surface area contributed by atoms with Crippen LogP contribution < -0.4 is 14.8 Å². The second-order valence-corrected chi connectivity index (χ2v) is 6.23. The Morgan fingerprint density at radius 1 is 1.21 bits per heavy atom. The van der Waals surface area contributed by atoms with Crippen LogP contribution in [0.25, 0.3) is 0 Å². The van der Waals surface area contributed by atoms with Crippen LogP contribution >= 0.6 is 0 Å². The van der Waals surface area contributed by atoms with E-state index in [9.17, 15) is 14.3 Å². The summed E-state index contributed by atoms with van der Waals surface area (Å²) in [5, 5.41) is 13.2. The molecule has 2 N–H and O–H groups in total. The molecule has 0 fully saturated rings. The summed E-state index contributed by atoms with van der Waals surface area (Å²) in [5.41, 5.74) is 0.786. The van der Waals surface area contributed by atoms with Crippen molar-refractivity contribution in [3.8, 4) is 11.5 Å². The number of hydrogen-bond acceptors (Lipinski definition) is 6. The number of carbonyl (C=O) groups is 1. The maximum Gasteiger partial charge on any atom is 0.407 e. The summed E-state index contributed by atoms with van der Waals surface area (Å²) in [6.45, 7) is 0.686. The summed E-state index contributed by atoms with van der Waals surface area (Å²) in [5.74, 6) is -0.0555. The van der Waals surface area contributed by atoms with Gasteiger partial charge in [0, 0.05) is 18.7 Å². The third kappa shape index (κ3) is 4.90. The molecule has 0 bridgehead atoms. The Kier molecular flexibility index (Phi) is 6.67. The summed E-state index contributed by atoms with van der Waals surface area (Å²) >= 11 is 0. The minimum absolute atomic E-state index is 0.0327. The van der Waals surface area contributed by atoms with Crippen LogP contribution in [0, 0.1) is 5.82 Å². The zero-order valence-electron chi connectivity index (χ0n) is 15.4. The van der Waals surface area contributed by atoms with Gasteiger partial charge in [0.05, 0.1) is 12.6 Å². The largest absolute Gasteiger partial charge is 0.486 e. The van der Waals surface area contributed by atoms with E-state index in [-0.39, 0.29) is 24.5 Å². The van der Waals surface area contributed by atoms with Gasteiger partial charge < -0.3 is 29.4 Å². The van der Waals surface area contributed by atoms with Gasteiger partial charge in [-0.25, -0.2) is 9.18 Å². The predicted octanol–water partition coefficient (Wildman–Crippen LogP) is 2.57. The molecule has 1 aliphatic heterocycles. The smallest absolute Gasteiger partial charge is 0.407 e. The molecule has 1 aliphatic rings. The molecule has 8 heteroatoms. The summed E-state index contributed by atoms with van der Waals surface area (Å²) in [4.78, 5) is 12.1. The minimum atomic E-state index is -1.37. The van der Waals surface area contributed by atoms with Crippen molar-refractivity contribution in [2.75, 3.05) is 26.9 Å². The zero-order chi connectivity index (χ0) is 19.9. The van der Waals surface area contributed by atoms with Crippen LogP contribution in [0.4, 0.5) is 9.18 Å². The highest BCUT2D eigenvalue weighted by Gasteiger charge is 2.28. The Morgan fingerprint density at radius 2 is 1.89 bits per heavy atom. The molecule has 7 nitrogen and oxygen atoms in total. The molecule has 0 aromatic heterocycles. The zero-order valence-corrected chi connectivity index (χ0v) is 15.4. The van der Waals surface area contributed by atoms with Crippen LogP contribution in [0.3, 0.4) is 0 Å². The van der Waals surface area contributed by atoms with Gasteiger partial charge >= 0.3 is 6.09 Å². The van der Waals surface area contributed by atoms with Gasteiger partial charge in [0.1, 0.15) is 31.7 Å². The van der Waals surface area contributed by atoms with Crippen molar-refractivity contribution in [1.29, 1.82) is 0 Å². The summed E-state index contributed by atoms with van der Waals surface area (Å²) in [6.07, 6.45) is -2.12. The normalized spacial score (nSPS) is 14.8. The number of halogens is 1. The van der Waals surface area contributed by atoms with Crippen LogP contribution in [0.5, 0.6) is 11.5 Å². The van der Waals surface area contributed by atoms with Crippen molar-refractivity contribution in [2.45, 2.75) is 18.8 Å². The molecule has 150 valence electrons. The number of methoxy groups -OCH3 is 1. The SMILES string of the molecule is COC[C@@H](NC(=O)OCc1ccccc1)C(O)c1cc2c(cc1F)OCCO2.